The van der Waals surface area contributed by atoms with Crippen LogP contribution in [-0.2, 0) is 9.53 Å². The lowest BCUT2D eigenvalue weighted by Gasteiger charge is -2.17. The topological polar surface area (TPSA) is 101 Å². The van der Waals surface area contributed by atoms with E-state index in [9.17, 15) is 9.59 Å². The Hall–Kier alpha value is -2.05. The highest BCUT2D eigenvalue weighted by atomic mass is 16.5. The fourth-order valence-corrected chi connectivity index (χ4v) is 1.96. The van der Waals surface area contributed by atoms with Crippen molar-refractivity contribution in [2.24, 2.45) is 5.92 Å². The second-order valence-electron chi connectivity index (χ2n) is 3.92. The number of nitrogen functional groups attached to an aromatic ring is 1. The second kappa shape index (κ2) is 4.44. The van der Waals surface area contributed by atoms with Crippen LogP contribution >= 0.6 is 0 Å². The molecule has 1 aliphatic rings. The predicted octanol–water partition coefficient (Wildman–Crippen LogP) is -0.649. The van der Waals surface area contributed by atoms with Crippen molar-refractivity contribution in [3.05, 3.63) is 16.7 Å². The first-order valence-electron chi connectivity index (χ1n) is 5.29. The molecule has 0 aliphatic carbocycles. The van der Waals surface area contributed by atoms with Gasteiger partial charge >= 0.3 is 5.97 Å². The van der Waals surface area contributed by atoms with Crippen molar-refractivity contribution in [3.63, 3.8) is 0 Å². The fraction of sp³-hybridized carbons (Fsp3) is 0.500. The summed E-state index contributed by atoms with van der Waals surface area (Å²) >= 11 is 0. The number of H-pyrrole nitrogens is 1. The molecule has 2 rings (SSSR count). The van der Waals surface area contributed by atoms with Gasteiger partial charge in [0.15, 0.2) is 5.82 Å². The Balaban J connectivity index is 2.18. The summed E-state index contributed by atoms with van der Waals surface area (Å²) in [6.45, 7) is 1.12. The van der Waals surface area contributed by atoms with Gasteiger partial charge in [0.1, 0.15) is 5.69 Å². The molecular weight excluding hydrogens is 224 g/mol. The number of rotatable bonds is 2. The largest absolute Gasteiger partial charge is 0.469 e. The maximum atomic E-state index is 11.4. The molecular formula is C10H14N4O3. The van der Waals surface area contributed by atoms with Crippen LogP contribution in [-0.4, -0.2) is 36.1 Å². The SMILES string of the molecule is COC(=O)C1CCN(c2nc[nH]c(=O)c2N)C1. The number of aromatic amines is 1. The summed E-state index contributed by atoms with van der Waals surface area (Å²) in [7, 11) is 1.37. The predicted molar refractivity (Wildman–Crippen MR) is 61.6 cm³/mol. The van der Waals surface area contributed by atoms with Crippen LogP contribution in [0.4, 0.5) is 11.5 Å². The van der Waals surface area contributed by atoms with Crippen LogP contribution in [0.1, 0.15) is 6.42 Å². The molecule has 0 saturated carbocycles. The number of methoxy groups -OCH3 is 1. The Morgan fingerprint density at radius 3 is 3.18 bits per heavy atom. The Labute approximate surface area is 97.6 Å². The van der Waals surface area contributed by atoms with Crippen molar-refractivity contribution < 1.29 is 9.53 Å². The van der Waals surface area contributed by atoms with E-state index in [1.165, 1.54) is 13.4 Å². The average Bonchev–Trinajstić information content (AvgIpc) is 2.81. The van der Waals surface area contributed by atoms with Crippen LogP contribution in [0.25, 0.3) is 0 Å². The molecule has 0 bridgehead atoms. The highest BCUT2D eigenvalue weighted by molar-refractivity contribution is 5.74. The highest BCUT2D eigenvalue weighted by Gasteiger charge is 2.30. The van der Waals surface area contributed by atoms with Crippen LogP contribution in [0.5, 0.6) is 0 Å². The van der Waals surface area contributed by atoms with Gasteiger partial charge in [0.25, 0.3) is 5.56 Å². The zero-order chi connectivity index (χ0) is 12.4. The van der Waals surface area contributed by atoms with Gasteiger partial charge < -0.3 is 20.4 Å². The Morgan fingerprint density at radius 2 is 2.47 bits per heavy atom. The third-order valence-corrected chi connectivity index (χ3v) is 2.89. The molecule has 0 aromatic carbocycles. The van der Waals surface area contributed by atoms with Crippen molar-refractivity contribution in [1.29, 1.82) is 0 Å². The summed E-state index contributed by atoms with van der Waals surface area (Å²) in [5.74, 6) is 0.0107. The molecule has 2 heterocycles. The molecule has 7 heteroatoms. The number of ether oxygens (including phenoxy) is 1. The van der Waals surface area contributed by atoms with Gasteiger partial charge in [0, 0.05) is 13.1 Å². The fourth-order valence-electron chi connectivity index (χ4n) is 1.96. The van der Waals surface area contributed by atoms with E-state index in [1.807, 2.05) is 4.90 Å². The van der Waals surface area contributed by atoms with Gasteiger partial charge in [-0.2, -0.15) is 0 Å². The zero-order valence-corrected chi connectivity index (χ0v) is 9.47. The van der Waals surface area contributed by atoms with Gasteiger partial charge in [-0.15, -0.1) is 0 Å². The summed E-state index contributed by atoms with van der Waals surface area (Å²) in [6, 6.07) is 0. The number of nitrogens with zero attached hydrogens (tertiary/aromatic N) is 2. The molecule has 1 unspecified atom stereocenters. The Morgan fingerprint density at radius 1 is 1.71 bits per heavy atom. The van der Waals surface area contributed by atoms with E-state index in [4.69, 9.17) is 5.73 Å². The highest BCUT2D eigenvalue weighted by Crippen LogP contribution is 2.24. The minimum absolute atomic E-state index is 0.0815. The molecule has 1 aromatic rings. The average molecular weight is 238 g/mol. The van der Waals surface area contributed by atoms with Gasteiger partial charge in [0.2, 0.25) is 0 Å². The lowest BCUT2D eigenvalue weighted by molar-refractivity contribution is -0.144. The van der Waals surface area contributed by atoms with Gasteiger partial charge in [-0.05, 0) is 6.42 Å². The number of carbonyl (C=O) groups excluding carboxylic acids is 1. The number of esters is 1. The number of aromatic nitrogens is 2. The number of anilines is 2. The molecule has 1 aromatic heterocycles. The van der Waals surface area contributed by atoms with E-state index in [0.717, 1.165) is 0 Å². The van der Waals surface area contributed by atoms with Crippen molar-refractivity contribution in [2.75, 3.05) is 30.8 Å². The maximum absolute atomic E-state index is 11.4. The van der Waals surface area contributed by atoms with Gasteiger partial charge in [-0.3, -0.25) is 9.59 Å². The van der Waals surface area contributed by atoms with Gasteiger partial charge in [0.05, 0.1) is 19.4 Å². The first-order valence-corrected chi connectivity index (χ1v) is 5.29. The molecule has 1 atom stereocenters. The molecule has 17 heavy (non-hydrogen) atoms. The number of hydrogen-bond donors (Lipinski definition) is 2. The smallest absolute Gasteiger partial charge is 0.310 e. The van der Waals surface area contributed by atoms with Gasteiger partial charge in [-0.25, -0.2) is 4.98 Å². The third-order valence-electron chi connectivity index (χ3n) is 2.89. The second-order valence-corrected chi connectivity index (χ2v) is 3.92. The summed E-state index contributed by atoms with van der Waals surface area (Å²) in [6.07, 6.45) is 1.99. The number of nitrogens with one attached hydrogen (secondary N) is 1. The van der Waals surface area contributed by atoms with Crippen LogP contribution in [0, 0.1) is 5.92 Å². The van der Waals surface area contributed by atoms with E-state index in [-0.39, 0.29) is 23.1 Å². The lowest BCUT2D eigenvalue weighted by Crippen LogP contribution is -2.27. The molecule has 0 amide bonds. The monoisotopic (exact) mass is 238 g/mol. The van der Waals surface area contributed by atoms with E-state index >= 15 is 0 Å². The van der Waals surface area contributed by atoms with E-state index in [2.05, 4.69) is 14.7 Å². The quantitative estimate of drug-likeness (QED) is 0.664. The molecule has 3 N–H and O–H groups in total. The Kier molecular flexibility index (Phi) is 2.99. The minimum Gasteiger partial charge on any atom is -0.469 e. The summed E-state index contributed by atoms with van der Waals surface area (Å²) in [5, 5.41) is 0. The lowest BCUT2D eigenvalue weighted by atomic mass is 10.1. The summed E-state index contributed by atoms with van der Waals surface area (Å²) in [5.41, 5.74) is 5.37. The van der Waals surface area contributed by atoms with E-state index in [1.54, 1.807) is 0 Å². The number of carbonyl (C=O) groups is 1. The van der Waals surface area contributed by atoms with Crippen molar-refractivity contribution in [2.45, 2.75) is 6.42 Å². The summed E-state index contributed by atoms with van der Waals surface area (Å²) in [4.78, 5) is 31.0. The van der Waals surface area contributed by atoms with Crippen LogP contribution < -0.4 is 16.2 Å². The number of hydrogen-bond acceptors (Lipinski definition) is 6. The van der Waals surface area contributed by atoms with Crippen LogP contribution in [0.2, 0.25) is 0 Å². The normalized spacial score (nSPS) is 19.4. The number of nitrogens with two attached hydrogens (primary N) is 1. The Bertz CT molecular complexity index is 485. The molecule has 7 nitrogen and oxygen atoms in total. The molecule has 1 saturated heterocycles. The van der Waals surface area contributed by atoms with Gasteiger partial charge in [-0.1, -0.05) is 0 Å². The van der Waals surface area contributed by atoms with Crippen molar-refractivity contribution >= 4 is 17.5 Å². The molecule has 0 spiro atoms. The first kappa shape index (κ1) is 11.4. The van der Waals surface area contributed by atoms with Crippen molar-refractivity contribution in [3.8, 4) is 0 Å². The third kappa shape index (κ3) is 2.08. The zero-order valence-electron chi connectivity index (χ0n) is 9.47. The first-order chi connectivity index (χ1) is 8.13. The van der Waals surface area contributed by atoms with Crippen LogP contribution in [0.15, 0.2) is 11.1 Å². The molecule has 92 valence electrons. The van der Waals surface area contributed by atoms with E-state index in [0.29, 0.717) is 25.3 Å². The van der Waals surface area contributed by atoms with Crippen LogP contribution in [0.3, 0.4) is 0 Å². The molecule has 0 radical (unpaired) electrons. The minimum atomic E-state index is -0.364. The maximum Gasteiger partial charge on any atom is 0.310 e. The molecule has 1 aliphatic heterocycles. The summed E-state index contributed by atoms with van der Waals surface area (Å²) < 4.78 is 4.69. The molecule has 1 fully saturated rings. The van der Waals surface area contributed by atoms with E-state index < -0.39 is 0 Å². The van der Waals surface area contributed by atoms with Crippen molar-refractivity contribution in [1.82, 2.24) is 9.97 Å². The standard InChI is InChI=1S/C10H14N4O3/c1-17-10(16)6-2-3-14(4-6)8-7(11)9(15)13-5-12-8/h5-6H,2-4,11H2,1H3,(H,12,13,15).